The van der Waals surface area contributed by atoms with Gasteiger partial charge < -0.3 is 10.2 Å². The molecule has 0 spiro atoms. The number of halogens is 2. The molecule has 1 N–H and O–H groups in total. The molecule has 120 valence electrons. The number of hydrogen-bond acceptors (Lipinski definition) is 2. The molecule has 2 rings (SSSR count). The molecule has 0 atom stereocenters. The Kier molecular flexibility index (Phi) is 6.02. The number of hydrogen-bond donors (Lipinski definition) is 1. The molecule has 4 nitrogen and oxygen atoms in total. The van der Waals surface area contributed by atoms with Gasteiger partial charge in [0.25, 0.3) is 0 Å². The third-order valence-corrected chi connectivity index (χ3v) is 3.97. The average Bonchev–Trinajstić information content (AvgIpc) is 2.54. The van der Waals surface area contributed by atoms with Crippen LogP contribution in [-0.2, 0) is 16.1 Å². The Morgan fingerprint density at radius 1 is 1.04 bits per heavy atom. The van der Waals surface area contributed by atoms with Gasteiger partial charge in [-0.3, -0.25) is 9.59 Å². The van der Waals surface area contributed by atoms with Gasteiger partial charge in [0.1, 0.15) is 6.54 Å². The maximum absolute atomic E-state index is 12.1. The number of nitrogens with zero attached hydrogens (tertiary/aromatic N) is 1. The summed E-state index contributed by atoms with van der Waals surface area (Å²) in [5, 5.41) is 3.52. The Bertz CT molecular complexity index is 705. The van der Waals surface area contributed by atoms with Crippen LogP contribution in [0.3, 0.4) is 0 Å². The number of benzene rings is 2. The number of nitrogens with one attached hydrogen (secondary N) is 1. The van der Waals surface area contributed by atoms with E-state index in [2.05, 4.69) is 5.32 Å². The molecule has 2 aromatic rings. The molecule has 0 unspecified atom stereocenters. The molecule has 0 saturated heterocycles. The third kappa shape index (κ3) is 4.98. The fourth-order valence-corrected chi connectivity index (χ4v) is 2.33. The summed E-state index contributed by atoms with van der Waals surface area (Å²) in [5.74, 6) is -0.506. The number of anilines is 1. The molecule has 6 heteroatoms. The van der Waals surface area contributed by atoms with Crippen molar-refractivity contribution in [2.24, 2.45) is 0 Å². The second kappa shape index (κ2) is 7.99. The Hall–Kier alpha value is -2.04. The second-order valence-corrected chi connectivity index (χ2v) is 5.78. The first-order valence-corrected chi connectivity index (χ1v) is 7.76. The van der Waals surface area contributed by atoms with Crippen LogP contribution in [0.15, 0.2) is 48.5 Å². The first-order valence-electron chi connectivity index (χ1n) is 7.01. The number of amides is 2. The minimum Gasteiger partial charge on any atom is -0.350 e. The normalized spacial score (nSPS) is 10.2. The molecule has 0 fully saturated rings. The van der Waals surface area contributed by atoms with Crippen molar-refractivity contribution in [1.29, 1.82) is 0 Å². The maximum Gasteiger partial charge on any atom is 0.240 e. The van der Waals surface area contributed by atoms with Gasteiger partial charge in [-0.25, -0.2) is 0 Å². The van der Waals surface area contributed by atoms with E-state index in [1.165, 1.54) is 11.8 Å². The minimum atomic E-state index is -0.255. The minimum absolute atomic E-state index is 0.0832. The van der Waals surface area contributed by atoms with Crippen LogP contribution >= 0.6 is 23.2 Å². The van der Waals surface area contributed by atoms with Gasteiger partial charge in [-0.15, -0.1) is 0 Å². The quantitative estimate of drug-likeness (QED) is 0.894. The van der Waals surface area contributed by atoms with Crippen molar-refractivity contribution in [3.05, 3.63) is 64.1 Å². The number of carbonyl (C=O) groups excluding carboxylic acids is 2. The lowest BCUT2D eigenvalue weighted by Gasteiger charge is -2.21. The highest BCUT2D eigenvalue weighted by molar-refractivity contribution is 6.42. The van der Waals surface area contributed by atoms with Crippen LogP contribution in [0.25, 0.3) is 0 Å². The second-order valence-electron chi connectivity index (χ2n) is 4.97. The zero-order chi connectivity index (χ0) is 16.8. The van der Waals surface area contributed by atoms with Crippen molar-refractivity contribution in [2.45, 2.75) is 13.5 Å². The van der Waals surface area contributed by atoms with Crippen molar-refractivity contribution in [2.75, 3.05) is 11.4 Å². The van der Waals surface area contributed by atoms with Gasteiger partial charge in [-0.05, 0) is 23.8 Å². The predicted molar refractivity (Wildman–Crippen MR) is 92.8 cm³/mol. The van der Waals surface area contributed by atoms with E-state index in [4.69, 9.17) is 23.2 Å². The zero-order valence-corrected chi connectivity index (χ0v) is 14.1. The molecule has 0 aliphatic heterocycles. The average molecular weight is 351 g/mol. The van der Waals surface area contributed by atoms with Crippen molar-refractivity contribution in [3.63, 3.8) is 0 Å². The highest BCUT2D eigenvalue weighted by Crippen LogP contribution is 2.27. The van der Waals surface area contributed by atoms with Crippen LogP contribution in [0, 0.1) is 0 Å². The molecular formula is C17H16Cl2N2O2. The fraction of sp³-hybridized carbons (Fsp3) is 0.176. The van der Waals surface area contributed by atoms with Crippen LogP contribution in [0.2, 0.25) is 10.0 Å². The summed E-state index contributed by atoms with van der Waals surface area (Å²) >= 11 is 11.8. The van der Waals surface area contributed by atoms with E-state index in [-0.39, 0.29) is 18.4 Å². The van der Waals surface area contributed by atoms with Crippen molar-refractivity contribution in [3.8, 4) is 0 Å². The molecule has 0 aliphatic rings. The van der Waals surface area contributed by atoms with Gasteiger partial charge >= 0.3 is 0 Å². The van der Waals surface area contributed by atoms with Crippen molar-refractivity contribution < 1.29 is 9.59 Å². The van der Waals surface area contributed by atoms with Gasteiger partial charge in [0.05, 0.1) is 10.0 Å². The van der Waals surface area contributed by atoms with E-state index in [0.29, 0.717) is 22.3 Å². The molecule has 0 saturated carbocycles. The summed E-state index contributed by atoms with van der Waals surface area (Å²) in [4.78, 5) is 25.3. The summed E-state index contributed by atoms with van der Waals surface area (Å²) < 4.78 is 0. The molecule has 2 amide bonds. The lowest BCUT2D eigenvalue weighted by Crippen LogP contribution is -2.39. The van der Waals surface area contributed by atoms with E-state index < -0.39 is 0 Å². The molecule has 0 radical (unpaired) electrons. The van der Waals surface area contributed by atoms with E-state index >= 15 is 0 Å². The molecule has 0 aromatic heterocycles. The van der Waals surface area contributed by atoms with Gasteiger partial charge in [0.2, 0.25) is 11.8 Å². The molecule has 2 aromatic carbocycles. The monoisotopic (exact) mass is 350 g/mol. The van der Waals surface area contributed by atoms with Gasteiger partial charge in [-0.1, -0.05) is 53.5 Å². The predicted octanol–water partition coefficient (Wildman–Crippen LogP) is 3.66. The zero-order valence-electron chi connectivity index (χ0n) is 12.6. The summed E-state index contributed by atoms with van der Waals surface area (Å²) in [7, 11) is 0. The van der Waals surface area contributed by atoms with Crippen molar-refractivity contribution >= 4 is 40.7 Å². The molecular weight excluding hydrogens is 335 g/mol. The Morgan fingerprint density at radius 2 is 1.74 bits per heavy atom. The van der Waals surface area contributed by atoms with E-state index in [0.717, 1.165) is 5.56 Å². The van der Waals surface area contributed by atoms with Crippen LogP contribution in [0.5, 0.6) is 0 Å². The standard InChI is InChI=1S/C17H16Cl2N2O2/c1-12(22)21(14-7-8-15(18)16(19)9-14)11-17(23)20-10-13-5-3-2-4-6-13/h2-9H,10-11H2,1H3,(H,20,23). The summed E-state index contributed by atoms with van der Waals surface area (Å²) in [6.45, 7) is 1.72. The fourth-order valence-electron chi connectivity index (χ4n) is 2.03. The summed E-state index contributed by atoms with van der Waals surface area (Å²) in [5.41, 5.74) is 1.52. The first kappa shape index (κ1) is 17.3. The smallest absolute Gasteiger partial charge is 0.240 e. The van der Waals surface area contributed by atoms with E-state index in [1.54, 1.807) is 18.2 Å². The van der Waals surface area contributed by atoms with Gasteiger partial charge in [-0.2, -0.15) is 0 Å². The van der Waals surface area contributed by atoms with Gasteiger partial charge in [0, 0.05) is 19.2 Å². The topological polar surface area (TPSA) is 49.4 Å². The van der Waals surface area contributed by atoms with E-state index in [1.807, 2.05) is 30.3 Å². The summed E-state index contributed by atoms with van der Waals surface area (Å²) in [6.07, 6.45) is 0. The Morgan fingerprint density at radius 3 is 2.35 bits per heavy atom. The van der Waals surface area contributed by atoms with Crippen LogP contribution in [0.1, 0.15) is 12.5 Å². The number of carbonyl (C=O) groups is 2. The van der Waals surface area contributed by atoms with Crippen LogP contribution in [0.4, 0.5) is 5.69 Å². The Balaban J connectivity index is 2.02. The molecule has 23 heavy (non-hydrogen) atoms. The van der Waals surface area contributed by atoms with Crippen LogP contribution in [-0.4, -0.2) is 18.4 Å². The number of rotatable bonds is 5. The first-order chi connectivity index (χ1) is 11.0. The lowest BCUT2D eigenvalue weighted by atomic mass is 10.2. The summed E-state index contributed by atoms with van der Waals surface area (Å²) in [6, 6.07) is 14.4. The van der Waals surface area contributed by atoms with Gasteiger partial charge in [0.15, 0.2) is 0 Å². The van der Waals surface area contributed by atoms with E-state index in [9.17, 15) is 9.59 Å². The third-order valence-electron chi connectivity index (χ3n) is 3.23. The molecule has 0 aliphatic carbocycles. The highest BCUT2D eigenvalue weighted by atomic mass is 35.5. The lowest BCUT2D eigenvalue weighted by molar-refractivity contribution is -0.123. The van der Waals surface area contributed by atoms with Crippen LogP contribution < -0.4 is 10.2 Å². The largest absolute Gasteiger partial charge is 0.350 e. The highest BCUT2D eigenvalue weighted by Gasteiger charge is 2.16. The Labute approximate surface area is 145 Å². The molecule has 0 heterocycles. The molecule has 0 bridgehead atoms. The SMILES string of the molecule is CC(=O)N(CC(=O)NCc1ccccc1)c1ccc(Cl)c(Cl)c1. The van der Waals surface area contributed by atoms with Crippen molar-refractivity contribution in [1.82, 2.24) is 5.32 Å². The maximum atomic E-state index is 12.1.